The van der Waals surface area contributed by atoms with Gasteiger partial charge in [0.1, 0.15) is 0 Å². The predicted octanol–water partition coefficient (Wildman–Crippen LogP) is 3.76. The minimum atomic E-state index is -0.638. The largest absolute Gasteiger partial charge is 0.505 e. The molecule has 3 aromatic rings. The van der Waals surface area contributed by atoms with E-state index in [1.165, 1.54) is 12.1 Å². The lowest BCUT2D eigenvalue weighted by atomic mass is 10.1. The number of nitrogens with zero attached hydrogens (tertiary/aromatic N) is 3. The van der Waals surface area contributed by atoms with Gasteiger partial charge >= 0.3 is 0 Å². The number of phenolic OH excluding ortho intramolecular Hbond substituents is 1. The number of hydrogen-bond donors (Lipinski definition) is 3. The first-order chi connectivity index (χ1) is 13.1. The average Bonchev–Trinajstić information content (AvgIpc) is 3.22. The molecule has 3 N–H and O–H groups in total. The highest BCUT2D eigenvalue weighted by Crippen LogP contribution is 2.17. The monoisotopic (exact) mass is 495 g/mol. The Morgan fingerprint density at radius 3 is 2.75 bits per heavy atom. The van der Waals surface area contributed by atoms with Crippen molar-refractivity contribution in [3.8, 4) is 11.4 Å². The Kier molecular flexibility index (Phi) is 7.80. The third-order valence-corrected chi connectivity index (χ3v) is 4.19. The molecular weight excluding hydrogens is 472 g/mol. The van der Waals surface area contributed by atoms with Crippen LogP contribution < -0.4 is 10.6 Å². The zero-order valence-corrected chi connectivity index (χ0v) is 18.0. The number of nitrogens with one attached hydrogen (secondary N) is 2. The Morgan fingerprint density at radius 2 is 2.07 bits per heavy atom. The molecule has 0 saturated carbocycles. The van der Waals surface area contributed by atoms with Gasteiger partial charge in [-0.2, -0.15) is 5.10 Å². The van der Waals surface area contributed by atoms with Crippen LogP contribution in [0.25, 0.3) is 5.69 Å². The van der Waals surface area contributed by atoms with Crippen LogP contribution in [0.3, 0.4) is 0 Å². The summed E-state index contributed by atoms with van der Waals surface area (Å²) in [5.74, 6) is -0.395. The fourth-order valence-electron chi connectivity index (χ4n) is 2.69. The Labute approximate surface area is 180 Å². The molecule has 1 heterocycles. The molecule has 0 aliphatic carbocycles. The molecule has 0 saturated heterocycles. The highest BCUT2D eigenvalue weighted by molar-refractivity contribution is 14.0. The third kappa shape index (κ3) is 5.44. The van der Waals surface area contributed by atoms with Gasteiger partial charge in [0.2, 0.25) is 0 Å². The summed E-state index contributed by atoms with van der Waals surface area (Å²) in [6.07, 6.45) is 3.64. The minimum Gasteiger partial charge on any atom is -0.505 e. The molecule has 148 valence electrons. The van der Waals surface area contributed by atoms with Crippen molar-refractivity contribution in [1.82, 2.24) is 20.4 Å². The van der Waals surface area contributed by atoms with Crippen molar-refractivity contribution < 1.29 is 9.50 Å². The van der Waals surface area contributed by atoms with Crippen LogP contribution in [0.4, 0.5) is 4.39 Å². The number of guanidine groups is 1. The van der Waals surface area contributed by atoms with E-state index in [1.54, 1.807) is 19.3 Å². The van der Waals surface area contributed by atoms with Crippen LogP contribution in [0.1, 0.15) is 24.1 Å². The Hall–Kier alpha value is -2.62. The summed E-state index contributed by atoms with van der Waals surface area (Å²) in [7, 11) is 1.68. The molecule has 0 spiro atoms. The second-order valence-corrected chi connectivity index (χ2v) is 6.12. The van der Waals surface area contributed by atoms with E-state index in [2.05, 4.69) is 26.8 Å². The molecule has 0 fully saturated rings. The van der Waals surface area contributed by atoms with Crippen LogP contribution in [-0.2, 0) is 6.54 Å². The second-order valence-electron chi connectivity index (χ2n) is 6.12. The maximum Gasteiger partial charge on any atom is 0.191 e. The standard InChI is InChI=1S/C20H22FN5O.HI/c1-14(16-5-3-6-17(12-16)26-10-4-9-24-26)25-20(22-2)23-13-15-7-8-19(27)18(21)11-15;/h3-12,14,27H,13H2,1-2H3,(H2,22,23,25);1H. The number of rotatable bonds is 5. The van der Waals surface area contributed by atoms with Gasteiger partial charge in [-0.3, -0.25) is 4.99 Å². The maximum absolute atomic E-state index is 13.4. The van der Waals surface area contributed by atoms with E-state index in [9.17, 15) is 9.50 Å². The summed E-state index contributed by atoms with van der Waals surface area (Å²) in [5.41, 5.74) is 2.77. The van der Waals surface area contributed by atoms with Gasteiger partial charge in [0, 0.05) is 26.0 Å². The summed E-state index contributed by atoms with van der Waals surface area (Å²) in [4.78, 5) is 4.21. The number of aromatic hydroxyl groups is 1. The van der Waals surface area contributed by atoms with E-state index < -0.39 is 5.82 Å². The van der Waals surface area contributed by atoms with Crippen molar-refractivity contribution in [3.05, 3.63) is 77.9 Å². The van der Waals surface area contributed by atoms with E-state index in [0.29, 0.717) is 18.1 Å². The summed E-state index contributed by atoms with van der Waals surface area (Å²) >= 11 is 0. The van der Waals surface area contributed by atoms with Crippen LogP contribution in [0, 0.1) is 5.82 Å². The van der Waals surface area contributed by atoms with Crippen LogP contribution in [-0.4, -0.2) is 27.9 Å². The molecule has 3 rings (SSSR count). The maximum atomic E-state index is 13.4. The van der Waals surface area contributed by atoms with Gasteiger partial charge in [-0.05, 0) is 48.4 Å². The number of phenols is 1. The van der Waals surface area contributed by atoms with Gasteiger partial charge in [0.05, 0.1) is 11.7 Å². The van der Waals surface area contributed by atoms with Gasteiger partial charge in [-0.1, -0.05) is 18.2 Å². The zero-order chi connectivity index (χ0) is 19.2. The van der Waals surface area contributed by atoms with E-state index in [-0.39, 0.29) is 35.8 Å². The zero-order valence-electron chi connectivity index (χ0n) is 15.6. The van der Waals surface area contributed by atoms with Gasteiger partial charge in [-0.25, -0.2) is 9.07 Å². The molecule has 0 radical (unpaired) electrons. The van der Waals surface area contributed by atoms with E-state index in [0.717, 1.165) is 11.3 Å². The topological polar surface area (TPSA) is 74.5 Å². The molecule has 6 nitrogen and oxygen atoms in total. The quantitative estimate of drug-likeness (QED) is 0.287. The first kappa shape index (κ1) is 21.7. The Balaban J connectivity index is 0.00000280. The van der Waals surface area contributed by atoms with Crippen molar-refractivity contribution in [1.29, 1.82) is 0 Å². The van der Waals surface area contributed by atoms with Crippen LogP contribution >= 0.6 is 24.0 Å². The average molecular weight is 495 g/mol. The molecule has 1 unspecified atom stereocenters. The van der Waals surface area contributed by atoms with Gasteiger partial charge in [0.25, 0.3) is 0 Å². The molecule has 2 aromatic carbocycles. The van der Waals surface area contributed by atoms with E-state index >= 15 is 0 Å². The number of halogens is 2. The minimum absolute atomic E-state index is 0. The SMILES string of the molecule is CN=C(NCc1ccc(O)c(F)c1)NC(C)c1cccc(-n2cccn2)c1.I. The lowest BCUT2D eigenvalue weighted by molar-refractivity contribution is 0.431. The van der Waals surface area contributed by atoms with Gasteiger partial charge in [0.15, 0.2) is 17.5 Å². The first-order valence-electron chi connectivity index (χ1n) is 8.61. The molecular formula is C20H23FIN5O. The lowest BCUT2D eigenvalue weighted by Gasteiger charge is -2.19. The van der Waals surface area contributed by atoms with Crippen LogP contribution in [0.5, 0.6) is 5.75 Å². The summed E-state index contributed by atoms with van der Waals surface area (Å²) in [6.45, 7) is 2.42. The number of aromatic nitrogens is 2. The van der Waals surface area contributed by atoms with Crippen molar-refractivity contribution in [2.45, 2.75) is 19.5 Å². The highest BCUT2D eigenvalue weighted by Gasteiger charge is 2.10. The molecule has 0 bridgehead atoms. The summed E-state index contributed by atoms with van der Waals surface area (Å²) < 4.78 is 15.2. The number of aliphatic imine (C=N–C) groups is 1. The predicted molar refractivity (Wildman–Crippen MR) is 119 cm³/mol. The third-order valence-electron chi connectivity index (χ3n) is 4.19. The summed E-state index contributed by atoms with van der Waals surface area (Å²) in [6, 6.07) is 14.3. The second kappa shape index (κ2) is 10.1. The summed E-state index contributed by atoms with van der Waals surface area (Å²) in [5, 5.41) is 20.0. The van der Waals surface area contributed by atoms with Crippen molar-refractivity contribution >= 4 is 29.9 Å². The smallest absolute Gasteiger partial charge is 0.191 e. The van der Waals surface area contributed by atoms with Crippen molar-refractivity contribution in [2.75, 3.05) is 7.05 Å². The molecule has 0 aliphatic rings. The van der Waals surface area contributed by atoms with Crippen molar-refractivity contribution in [2.24, 2.45) is 4.99 Å². The molecule has 8 heteroatoms. The molecule has 0 amide bonds. The van der Waals surface area contributed by atoms with Gasteiger partial charge in [-0.15, -0.1) is 24.0 Å². The van der Waals surface area contributed by atoms with Crippen LogP contribution in [0.2, 0.25) is 0 Å². The number of hydrogen-bond acceptors (Lipinski definition) is 3. The molecule has 0 aliphatic heterocycles. The fourth-order valence-corrected chi connectivity index (χ4v) is 2.69. The highest BCUT2D eigenvalue weighted by atomic mass is 127. The van der Waals surface area contributed by atoms with Gasteiger partial charge < -0.3 is 15.7 Å². The first-order valence-corrected chi connectivity index (χ1v) is 8.61. The van der Waals surface area contributed by atoms with Crippen LogP contribution in [0.15, 0.2) is 65.9 Å². The Bertz CT molecular complexity index is 930. The fraction of sp³-hybridized carbons (Fsp3) is 0.200. The molecule has 28 heavy (non-hydrogen) atoms. The van der Waals surface area contributed by atoms with E-state index in [4.69, 9.17) is 0 Å². The number of benzene rings is 2. The molecule has 1 aromatic heterocycles. The molecule has 1 atom stereocenters. The Morgan fingerprint density at radius 1 is 1.25 bits per heavy atom. The lowest BCUT2D eigenvalue weighted by Crippen LogP contribution is -2.38. The van der Waals surface area contributed by atoms with Crippen molar-refractivity contribution in [3.63, 3.8) is 0 Å². The normalized spacial score (nSPS) is 12.2. The van der Waals surface area contributed by atoms with E-state index in [1.807, 2.05) is 42.1 Å².